The summed E-state index contributed by atoms with van der Waals surface area (Å²) in [6.45, 7) is 0. The maximum atomic E-state index is 12.3. The minimum Gasteiger partial charge on any atom is -0.298 e. The number of halogens is 6. The maximum absolute atomic E-state index is 12.3. The molecule has 0 unspecified atom stereocenters. The van der Waals surface area contributed by atoms with Crippen LogP contribution in [0.15, 0.2) is 17.8 Å². The van der Waals surface area contributed by atoms with Gasteiger partial charge in [-0.15, -0.1) is 11.3 Å². The average molecular weight is 316 g/mol. The predicted molar refractivity (Wildman–Crippen MR) is 57.4 cm³/mol. The van der Waals surface area contributed by atoms with Crippen LogP contribution in [0.4, 0.5) is 26.3 Å². The topological polar surface area (TPSA) is 34.4 Å². The Labute approximate surface area is 111 Å². The third-order valence-electron chi connectivity index (χ3n) is 2.48. The zero-order chi connectivity index (χ0) is 15.1. The Morgan fingerprint density at radius 3 is 2.35 bits per heavy atom. The van der Waals surface area contributed by atoms with Gasteiger partial charge in [0.25, 0.3) is 0 Å². The Morgan fingerprint density at radius 1 is 1.25 bits per heavy atom. The van der Waals surface area contributed by atoms with Crippen LogP contribution in [0, 0.1) is 5.92 Å². The van der Waals surface area contributed by atoms with E-state index in [4.69, 9.17) is 0 Å². The van der Waals surface area contributed by atoms with Crippen molar-refractivity contribution in [3.63, 3.8) is 0 Å². The van der Waals surface area contributed by atoms with Crippen molar-refractivity contribution in [1.82, 2.24) is 9.38 Å². The van der Waals surface area contributed by atoms with Gasteiger partial charge in [-0.3, -0.25) is 9.20 Å². The number of rotatable bonds is 3. The first kappa shape index (κ1) is 14.8. The van der Waals surface area contributed by atoms with Crippen LogP contribution in [0.5, 0.6) is 0 Å². The zero-order valence-electron chi connectivity index (χ0n) is 9.50. The van der Waals surface area contributed by atoms with E-state index in [1.165, 1.54) is 16.8 Å². The summed E-state index contributed by atoms with van der Waals surface area (Å²) >= 11 is 1.15. The molecule has 0 atom stereocenters. The molecule has 0 saturated carbocycles. The molecule has 2 rings (SSSR count). The van der Waals surface area contributed by atoms with Gasteiger partial charge in [-0.05, 0) is 0 Å². The summed E-state index contributed by atoms with van der Waals surface area (Å²) < 4.78 is 75.5. The highest BCUT2D eigenvalue weighted by molar-refractivity contribution is 7.15. The summed E-state index contributed by atoms with van der Waals surface area (Å²) in [5.74, 6) is -5.94. The van der Waals surface area contributed by atoms with Crippen molar-refractivity contribution in [3.05, 3.63) is 23.5 Å². The van der Waals surface area contributed by atoms with Crippen molar-refractivity contribution in [2.45, 2.75) is 18.8 Å². The van der Waals surface area contributed by atoms with Gasteiger partial charge >= 0.3 is 12.4 Å². The van der Waals surface area contributed by atoms with Crippen molar-refractivity contribution in [3.8, 4) is 0 Å². The molecule has 0 aromatic carbocycles. The van der Waals surface area contributed by atoms with Gasteiger partial charge < -0.3 is 0 Å². The van der Waals surface area contributed by atoms with E-state index >= 15 is 0 Å². The Morgan fingerprint density at radius 2 is 1.85 bits per heavy atom. The van der Waals surface area contributed by atoms with E-state index in [0.29, 0.717) is 4.96 Å². The number of fused-ring (bicyclic) bond motifs is 1. The van der Waals surface area contributed by atoms with Gasteiger partial charge in [-0.25, -0.2) is 4.98 Å². The Bertz CT molecular complexity index is 583. The quantitative estimate of drug-likeness (QED) is 0.815. The second-order valence-electron chi connectivity index (χ2n) is 3.98. The monoisotopic (exact) mass is 316 g/mol. The number of alkyl halides is 6. The summed E-state index contributed by atoms with van der Waals surface area (Å²) in [4.78, 5) is 15.5. The molecule has 0 N–H and O–H groups in total. The first-order valence-electron chi connectivity index (χ1n) is 5.16. The molecule has 2 aromatic heterocycles. The van der Waals surface area contributed by atoms with E-state index in [-0.39, 0.29) is 5.69 Å². The first-order chi connectivity index (χ1) is 9.09. The SMILES string of the molecule is O=C(Cc1cn2ccsc2n1)C(C(F)(F)F)C(F)(F)F. The number of carbonyl (C=O) groups is 1. The molecule has 0 aliphatic heterocycles. The highest BCUT2D eigenvalue weighted by Gasteiger charge is 2.60. The van der Waals surface area contributed by atoms with Gasteiger partial charge in [-0.1, -0.05) is 0 Å². The van der Waals surface area contributed by atoms with Gasteiger partial charge in [0.1, 0.15) is 0 Å². The summed E-state index contributed by atoms with van der Waals surface area (Å²) in [6, 6.07) is 0. The lowest BCUT2D eigenvalue weighted by Gasteiger charge is -2.21. The second-order valence-corrected chi connectivity index (χ2v) is 4.86. The average Bonchev–Trinajstić information content (AvgIpc) is 2.71. The third-order valence-corrected chi connectivity index (χ3v) is 3.25. The van der Waals surface area contributed by atoms with Crippen LogP contribution in [-0.4, -0.2) is 27.5 Å². The van der Waals surface area contributed by atoms with E-state index in [2.05, 4.69) is 4.98 Å². The smallest absolute Gasteiger partial charge is 0.298 e. The van der Waals surface area contributed by atoms with Crippen LogP contribution in [0.3, 0.4) is 0 Å². The van der Waals surface area contributed by atoms with Crippen LogP contribution in [0.1, 0.15) is 5.69 Å². The van der Waals surface area contributed by atoms with Crippen molar-refractivity contribution >= 4 is 22.1 Å². The Hall–Kier alpha value is -1.58. The van der Waals surface area contributed by atoms with Crippen LogP contribution < -0.4 is 0 Å². The number of aromatic nitrogens is 2. The van der Waals surface area contributed by atoms with Crippen molar-refractivity contribution in [1.29, 1.82) is 0 Å². The lowest BCUT2D eigenvalue weighted by molar-refractivity contribution is -0.273. The number of thiazole rings is 1. The molecule has 0 fully saturated rings. The third kappa shape index (κ3) is 2.94. The highest BCUT2D eigenvalue weighted by atomic mass is 32.1. The molecule has 0 bridgehead atoms. The fourth-order valence-electron chi connectivity index (χ4n) is 1.69. The lowest BCUT2D eigenvalue weighted by atomic mass is 9.99. The molecule has 0 radical (unpaired) electrons. The summed E-state index contributed by atoms with van der Waals surface area (Å²) in [5.41, 5.74) is -0.125. The van der Waals surface area contributed by atoms with Gasteiger partial charge in [0.05, 0.1) is 12.1 Å². The molecule has 10 heteroatoms. The highest BCUT2D eigenvalue weighted by Crippen LogP contribution is 2.40. The normalized spacial score (nSPS) is 13.3. The van der Waals surface area contributed by atoms with Gasteiger partial charge in [0.15, 0.2) is 10.7 Å². The van der Waals surface area contributed by atoms with Crippen LogP contribution in [-0.2, 0) is 11.2 Å². The van der Waals surface area contributed by atoms with Crippen LogP contribution >= 0.6 is 11.3 Å². The molecule has 2 heterocycles. The number of imidazole rings is 1. The summed E-state index contributed by atoms with van der Waals surface area (Å²) in [7, 11) is 0. The Kier molecular flexibility index (Phi) is 3.53. The molecule has 2 aromatic rings. The minimum absolute atomic E-state index is 0.125. The number of hydrogen-bond acceptors (Lipinski definition) is 3. The van der Waals surface area contributed by atoms with Gasteiger partial charge in [0, 0.05) is 17.8 Å². The van der Waals surface area contributed by atoms with E-state index in [0.717, 1.165) is 11.3 Å². The Balaban J connectivity index is 2.23. The van der Waals surface area contributed by atoms with E-state index in [1.54, 1.807) is 5.38 Å². The number of Topliss-reactive ketones (excluding diaryl/α,β-unsaturated/α-hetero) is 1. The molecule has 110 valence electrons. The van der Waals surface area contributed by atoms with E-state index in [1.807, 2.05) is 0 Å². The number of nitrogens with zero attached hydrogens (tertiary/aromatic N) is 2. The molecular formula is C10H6F6N2OS. The molecule has 20 heavy (non-hydrogen) atoms. The fraction of sp³-hybridized carbons (Fsp3) is 0.400. The fourth-order valence-corrected chi connectivity index (χ4v) is 2.41. The van der Waals surface area contributed by atoms with Crippen molar-refractivity contribution in [2.24, 2.45) is 5.92 Å². The van der Waals surface area contributed by atoms with Crippen molar-refractivity contribution < 1.29 is 31.1 Å². The predicted octanol–water partition coefficient (Wildman–Crippen LogP) is 3.25. The van der Waals surface area contributed by atoms with Gasteiger partial charge in [-0.2, -0.15) is 26.3 Å². The standard InChI is InChI=1S/C10H6F6N2OS/c11-9(12,13)7(10(14,15)16)6(19)3-5-4-18-1-2-20-8(18)17-5/h1-2,4,7H,3H2. The largest absolute Gasteiger partial charge is 0.407 e. The molecule has 0 saturated heterocycles. The zero-order valence-corrected chi connectivity index (χ0v) is 10.3. The number of ketones is 1. The maximum Gasteiger partial charge on any atom is 0.407 e. The van der Waals surface area contributed by atoms with Gasteiger partial charge in [0.2, 0.25) is 5.92 Å². The number of hydrogen-bond donors (Lipinski definition) is 0. The van der Waals surface area contributed by atoms with E-state index < -0.39 is 30.5 Å². The summed E-state index contributed by atoms with van der Waals surface area (Å²) in [5, 5.41) is 1.64. The molecule has 0 amide bonds. The summed E-state index contributed by atoms with van der Waals surface area (Å²) in [6.07, 6.45) is -9.57. The molecule has 3 nitrogen and oxygen atoms in total. The minimum atomic E-state index is -5.66. The van der Waals surface area contributed by atoms with Crippen LogP contribution in [0.2, 0.25) is 0 Å². The van der Waals surface area contributed by atoms with E-state index in [9.17, 15) is 31.1 Å². The lowest BCUT2D eigenvalue weighted by Crippen LogP contribution is -2.43. The van der Waals surface area contributed by atoms with Crippen molar-refractivity contribution in [2.75, 3.05) is 0 Å². The molecule has 0 aliphatic rings. The molecular weight excluding hydrogens is 310 g/mol. The van der Waals surface area contributed by atoms with Crippen LogP contribution in [0.25, 0.3) is 4.96 Å². The molecule has 0 aliphatic carbocycles. The first-order valence-corrected chi connectivity index (χ1v) is 6.04. The number of carbonyl (C=O) groups excluding carboxylic acids is 1. The molecule has 0 spiro atoms. The second kappa shape index (κ2) is 4.76.